The molecule has 2 aromatic carbocycles. The van der Waals surface area contributed by atoms with Crippen molar-refractivity contribution in [1.82, 2.24) is 0 Å². The van der Waals surface area contributed by atoms with Crippen LogP contribution in [0.3, 0.4) is 0 Å². The number of nitrogens with one attached hydrogen (secondary N) is 1. The molecule has 6 heteroatoms. The van der Waals surface area contributed by atoms with E-state index in [2.05, 4.69) is 5.32 Å². The molecule has 0 aliphatic carbocycles. The Kier molecular flexibility index (Phi) is 4.42. The maximum Gasteiger partial charge on any atom is 0.165 e. The van der Waals surface area contributed by atoms with Crippen molar-refractivity contribution in [2.45, 2.75) is 0 Å². The number of anilines is 2. The lowest BCUT2D eigenvalue weighted by Crippen LogP contribution is -2.12. The van der Waals surface area contributed by atoms with Crippen molar-refractivity contribution in [1.29, 1.82) is 0 Å². The summed E-state index contributed by atoms with van der Waals surface area (Å²) in [5.41, 5.74) is 7.51. The van der Waals surface area contributed by atoms with Crippen LogP contribution >= 0.6 is 23.8 Å². The Labute approximate surface area is 126 Å². The van der Waals surface area contributed by atoms with Gasteiger partial charge in [-0.2, -0.15) is 0 Å². The minimum absolute atomic E-state index is 0.147. The predicted octanol–water partition coefficient (Wildman–Crippen LogP) is 3.87. The minimum atomic E-state index is -0.432. The Bertz CT molecular complexity index is 664. The van der Waals surface area contributed by atoms with Gasteiger partial charge >= 0.3 is 0 Å². The molecule has 3 N–H and O–H groups in total. The zero-order valence-corrected chi connectivity index (χ0v) is 12.2. The number of nitrogens with two attached hydrogens (primary N) is 1. The third kappa shape index (κ3) is 3.00. The average molecular weight is 311 g/mol. The molecule has 0 unspecified atom stereocenters. The van der Waals surface area contributed by atoms with E-state index in [4.69, 9.17) is 34.3 Å². The van der Waals surface area contributed by atoms with Gasteiger partial charge in [0.1, 0.15) is 4.99 Å². The molecule has 0 aromatic heterocycles. The van der Waals surface area contributed by atoms with Crippen molar-refractivity contribution in [2.24, 2.45) is 5.73 Å². The van der Waals surface area contributed by atoms with Crippen LogP contribution in [0, 0.1) is 5.82 Å². The summed E-state index contributed by atoms with van der Waals surface area (Å²) >= 11 is 11.1. The summed E-state index contributed by atoms with van der Waals surface area (Å²) < 4.78 is 18.3. The van der Waals surface area contributed by atoms with E-state index in [1.807, 2.05) is 0 Å². The Hall–Kier alpha value is -1.85. The fourth-order valence-corrected chi connectivity index (χ4v) is 2.32. The van der Waals surface area contributed by atoms with E-state index < -0.39 is 5.82 Å². The summed E-state index contributed by atoms with van der Waals surface area (Å²) in [5.74, 6) is -0.285. The molecule has 0 fully saturated rings. The number of rotatable bonds is 4. The smallest absolute Gasteiger partial charge is 0.165 e. The molecule has 0 heterocycles. The van der Waals surface area contributed by atoms with Crippen LogP contribution in [0.2, 0.25) is 5.02 Å². The van der Waals surface area contributed by atoms with E-state index in [9.17, 15) is 4.39 Å². The van der Waals surface area contributed by atoms with E-state index >= 15 is 0 Å². The van der Waals surface area contributed by atoms with Crippen molar-refractivity contribution >= 4 is 40.2 Å². The largest absolute Gasteiger partial charge is 0.494 e. The van der Waals surface area contributed by atoms with Crippen molar-refractivity contribution < 1.29 is 9.13 Å². The van der Waals surface area contributed by atoms with Crippen LogP contribution in [0.15, 0.2) is 36.4 Å². The first-order valence-corrected chi connectivity index (χ1v) is 6.50. The number of halogens is 2. The number of hydrogen-bond acceptors (Lipinski definition) is 3. The van der Waals surface area contributed by atoms with Crippen LogP contribution in [0.25, 0.3) is 0 Å². The maximum absolute atomic E-state index is 13.4. The van der Waals surface area contributed by atoms with Crippen molar-refractivity contribution in [2.75, 3.05) is 12.4 Å². The third-order valence-electron chi connectivity index (χ3n) is 2.69. The van der Waals surface area contributed by atoms with Gasteiger partial charge in [0, 0.05) is 11.8 Å². The van der Waals surface area contributed by atoms with E-state index in [0.717, 1.165) is 0 Å². The average Bonchev–Trinajstić information content (AvgIpc) is 2.40. The summed E-state index contributed by atoms with van der Waals surface area (Å²) in [7, 11) is 1.40. The molecular weight excluding hydrogens is 299 g/mol. The first-order chi connectivity index (χ1) is 9.52. The second kappa shape index (κ2) is 6.07. The van der Waals surface area contributed by atoms with Gasteiger partial charge in [-0.3, -0.25) is 0 Å². The molecule has 2 rings (SSSR count). The molecule has 0 saturated heterocycles. The van der Waals surface area contributed by atoms with Gasteiger partial charge < -0.3 is 15.8 Å². The van der Waals surface area contributed by atoms with Gasteiger partial charge in [0.05, 0.1) is 23.4 Å². The van der Waals surface area contributed by atoms with Gasteiger partial charge in [-0.1, -0.05) is 29.9 Å². The summed E-state index contributed by atoms with van der Waals surface area (Å²) in [5, 5.41) is 3.55. The monoisotopic (exact) mass is 310 g/mol. The van der Waals surface area contributed by atoms with E-state index in [0.29, 0.717) is 22.0 Å². The number of hydrogen-bond donors (Lipinski definition) is 2. The summed E-state index contributed by atoms with van der Waals surface area (Å²) in [4.78, 5) is 0.187. The van der Waals surface area contributed by atoms with Crippen molar-refractivity contribution in [3.8, 4) is 5.75 Å². The first-order valence-electron chi connectivity index (χ1n) is 5.72. The van der Waals surface area contributed by atoms with Crippen LogP contribution < -0.4 is 15.8 Å². The van der Waals surface area contributed by atoms with Gasteiger partial charge in [0.25, 0.3) is 0 Å². The van der Waals surface area contributed by atoms with E-state index in [1.165, 1.54) is 13.2 Å². The Morgan fingerprint density at radius 1 is 1.35 bits per heavy atom. The van der Waals surface area contributed by atoms with Crippen LogP contribution in [0.5, 0.6) is 5.75 Å². The predicted molar refractivity (Wildman–Crippen MR) is 83.6 cm³/mol. The normalized spacial score (nSPS) is 10.2. The molecule has 0 bridgehead atoms. The molecule has 0 spiro atoms. The summed E-state index contributed by atoms with van der Waals surface area (Å²) in [6.45, 7) is 0. The van der Waals surface area contributed by atoms with Crippen molar-refractivity contribution in [3.63, 3.8) is 0 Å². The van der Waals surface area contributed by atoms with Gasteiger partial charge in [0.2, 0.25) is 0 Å². The van der Waals surface area contributed by atoms with Gasteiger partial charge in [-0.25, -0.2) is 4.39 Å². The van der Waals surface area contributed by atoms with E-state index in [-0.39, 0.29) is 10.7 Å². The first kappa shape index (κ1) is 14.6. The van der Waals surface area contributed by atoms with Crippen LogP contribution in [0.4, 0.5) is 15.8 Å². The molecule has 2 aromatic rings. The molecular formula is C14H12ClFN2OS. The molecule has 3 nitrogen and oxygen atoms in total. The molecule has 0 atom stereocenters. The molecule has 0 saturated carbocycles. The highest BCUT2D eigenvalue weighted by atomic mass is 35.5. The number of benzene rings is 2. The lowest BCUT2D eigenvalue weighted by Gasteiger charge is -2.13. The summed E-state index contributed by atoms with van der Waals surface area (Å²) in [6.07, 6.45) is 0. The van der Waals surface area contributed by atoms with E-state index in [1.54, 1.807) is 30.3 Å². The number of methoxy groups -OCH3 is 1. The molecule has 104 valence electrons. The van der Waals surface area contributed by atoms with Gasteiger partial charge in [-0.15, -0.1) is 0 Å². The van der Waals surface area contributed by atoms with Gasteiger partial charge in [-0.05, 0) is 24.3 Å². The number of ether oxygens (including phenoxy) is 1. The zero-order chi connectivity index (χ0) is 14.7. The molecule has 0 amide bonds. The quantitative estimate of drug-likeness (QED) is 0.842. The Morgan fingerprint density at radius 3 is 2.75 bits per heavy atom. The Morgan fingerprint density at radius 2 is 2.10 bits per heavy atom. The van der Waals surface area contributed by atoms with Crippen LogP contribution in [-0.4, -0.2) is 12.1 Å². The topological polar surface area (TPSA) is 47.3 Å². The Balaban J connectivity index is 2.40. The lowest BCUT2D eigenvalue weighted by molar-refractivity contribution is 0.387. The third-order valence-corrected chi connectivity index (χ3v) is 3.21. The highest BCUT2D eigenvalue weighted by molar-refractivity contribution is 7.80. The number of thiocarbonyl (C=S) groups is 1. The highest BCUT2D eigenvalue weighted by Crippen LogP contribution is 2.29. The van der Waals surface area contributed by atoms with Crippen LogP contribution in [0.1, 0.15) is 5.56 Å². The highest BCUT2D eigenvalue weighted by Gasteiger charge is 2.11. The molecule has 0 aliphatic heterocycles. The molecule has 0 aliphatic rings. The second-order valence-electron chi connectivity index (χ2n) is 4.00. The standard InChI is InChI=1S/C14H12ClFN2OS/c1-19-12-7-8(5-6-10(12)16)18-11-4-2-3-9(15)13(11)14(17)20/h2-7,18H,1H3,(H2,17,20). The fraction of sp³-hybridized carbons (Fsp3) is 0.0714. The van der Waals surface area contributed by atoms with Crippen LogP contribution in [-0.2, 0) is 0 Å². The molecule has 0 radical (unpaired) electrons. The summed E-state index contributed by atoms with van der Waals surface area (Å²) in [6, 6.07) is 9.70. The maximum atomic E-state index is 13.4. The SMILES string of the molecule is COc1cc(Nc2cccc(Cl)c2C(N)=S)ccc1F. The minimum Gasteiger partial charge on any atom is -0.494 e. The fourth-order valence-electron chi connectivity index (χ4n) is 1.77. The van der Waals surface area contributed by atoms with Crippen molar-refractivity contribution in [3.05, 3.63) is 52.8 Å². The molecule has 20 heavy (non-hydrogen) atoms. The van der Waals surface area contributed by atoms with Gasteiger partial charge in [0.15, 0.2) is 11.6 Å². The zero-order valence-electron chi connectivity index (χ0n) is 10.6. The second-order valence-corrected chi connectivity index (χ2v) is 4.85. The lowest BCUT2D eigenvalue weighted by atomic mass is 10.1.